The molecule has 0 aliphatic carbocycles. The molecule has 2 amide bonds. The van der Waals surface area contributed by atoms with E-state index in [-0.39, 0.29) is 24.4 Å². The fourth-order valence-corrected chi connectivity index (χ4v) is 2.53. The number of hydrogen-bond donors (Lipinski definition) is 0. The van der Waals surface area contributed by atoms with Crippen molar-refractivity contribution in [2.24, 2.45) is 0 Å². The number of nitrogens with zero attached hydrogens (tertiary/aromatic N) is 2. The number of carbonyl (C=O) groups is 2. The fraction of sp³-hybridized carbons (Fsp3) is 0.412. The van der Waals surface area contributed by atoms with Crippen LogP contribution in [0.25, 0.3) is 6.08 Å². The smallest absolute Gasteiger partial charge is 0.245 e. The van der Waals surface area contributed by atoms with E-state index < -0.39 is 0 Å². The Morgan fingerprint density at radius 3 is 2.62 bits per heavy atom. The van der Waals surface area contributed by atoms with Gasteiger partial charge in [-0.25, -0.2) is 0 Å². The quantitative estimate of drug-likeness (QED) is 0.832. The van der Waals surface area contributed by atoms with Crippen LogP contribution in [-0.4, -0.2) is 47.3 Å². The van der Waals surface area contributed by atoms with Gasteiger partial charge in [0.25, 0.3) is 0 Å². The third-order valence-corrected chi connectivity index (χ3v) is 3.69. The molecule has 21 heavy (non-hydrogen) atoms. The fourth-order valence-electron chi connectivity index (χ4n) is 2.53. The van der Waals surface area contributed by atoms with Crippen LogP contribution in [0.5, 0.6) is 0 Å². The van der Waals surface area contributed by atoms with E-state index in [2.05, 4.69) is 0 Å². The number of benzene rings is 1. The van der Waals surface area contributed by atoms with Crippen molar-refractivity contribution in [1.29, 1.82) is 0 Å². The number of rotatable bonds is 5. The Labute approximate surface area is 126 Å². The van der Waals surface area contributed by atoms with Crippen molar-refractivity contribution in [2.45, 2.75) is 26.3 Å². The van der Waals surface area contributed by atoms with Gasteiger partial charge in [0.05, 0.1) is 6.54 Å². The lowest BCUT2D eigenvalue weighted by Gasteiger charge is -2.38. The van der Waals surface area contributed by atoms with Crippen LogP contribution < -0.4 is 0 Å². The monoisotopic (exact) mass is 286 g/mol. The minimum Gasteiger partial charge on any atom is -0.332 e. The maximum atomic E-state index is 12.2. The molecule has 112 valence electrons. The minimum atomic E-state index is -0.377. The van der Waals surface area contributed by atoms with Crippen LogP contribution in [0.1, 0.15) is 25.8 Å². The molecular formula is C17H22N2O2. The molecule has 0 unspecified atom stereocenters. The van der Waals surface area contributed by atoms with Crippen molar-refractivity contribution in [1.82, 2.24) is 9.80 Å². The molecule has 4 heteroatoms. The molecule has 0 N–H and O–H groups in total. The van der Waals surface area contributed by atoms with Gasteiger partial charge in [0, 0.05) is 13.1 Å². The third-order valence-electron chi connectivity index (χ3n) is 3.69. The SMILES string of the molecule is CCCN1CC(=O)N(C/C=C/c2ccccc2)[C@@H](C)C1=O. The number of hydrogen-bond acceptors (Lipinski definition) is 2. The molecular weight excluding hydrogens is 264 g/mol. The van der Waals surface area contributed by atoms with Crippen LogP contribution in [0.2, 0.25) is 0 Å². The molecule has 0 spiro atoms. The lowest BCUT2D eigenvalue weighted by atomic mass is 10.1. The summed E-state index contributed by atoms with van der Waals surface area (Å²) in [4.78, 5) is 27.7. The average Bonchev–Trinajstić information content (AvgIpc) is 2.49. The zero-order chi connectivity index (χ0) is 15.2. The van der Waals surface area contributed by atoms with Gasteiger partial charge in [-0.15, -0.1) is 0 Å². The van der Waals surface area contributed by atoms with Gasteiger partial charge >= 0.3 is 0 Å². The molecule has 2 rings (SSSR count). The molecule has 0 aromatic heterocycles. The second-order valence-corrected chi connectivity index (χ2v) is 5.29. The first-order chi connectivity index (χ1) is 10.1. The normalized spacial score (nSPS) is 19.6. The predicted molar refractivity (Wildman–Crippen MR) is 83.5 cm³/mol. The number of amides is 2. The highest BCUT2D eigenvalue weighted by atomic mass is 16.2. The van der Waals surface area contributed by atoms with Crippen molar-refractivity contribution >= 4 is 17.9 Å². The summed E-state index contributed by atoms with van der Waals surface area (Å²) in [6, 6.07) is 9.55. The molecule has 1 aliphatic rings. The van der Waals surface area contributed by atoms with E-state index in [1.165, 1.54) is 0 Å². The summed E-state index contributed by atoms with van der Waals surface area (Å²) in [5, 5.41) is 0. The summed E-state index contributed by atoms with van der Waals surface area (Å²) in [5.41, 5.74) is 1.09. The van der Waals surface area contributed by atoms with Crippen LogP contribution in [-0.2, 0) is 9.59 Å². The van der Waals surface area contributed by atoms with E-state index in [0.29, 0.717) is 13.1 Å². The summed E-state index contributed by atoms with van der Waals surface area (Å²) >= 11 is 0. The molecule has 4 nitrogen and oxygen atoms in total. The lowest BCUT2D eigenvalue weighted by Crippen LogP contribution is -2.58. The lowest BCUT2D eigenvalue weighted by molar-refractivity contribution is -0.154. The highest BCUT2D eigenvalue weighted by Crippen LogP contribution is 2.13. The summed E-state index contributed by atoms with van der Waals surface area (Å²) in [7, 11) is 0. The van der Waals surface area contributed by atoms with Gasteiger partial charge in [-0.2, -0.15) is 0 Å². The Kier molecular flexibility index (Phi) is 5.14. The van der Waals surface area contributed by atoms with Crippen LogP contribution in [0.4, 0.5) is 0 Å². The second kappa shape index (κ2) is 7.07. The third kappa shape index (κ3) is 3.72. The Bertz CT molecular complexity index is 525. The molecule has 1 heterocycles. The summed E-state index contributed by atoms with van der Waals surface area (Å²) < 4.78 is 0. The molecule has 1 aromatic rings. The van der Waals surface area contributed by atoms with Crippen molar-refractivity contribution in [3.8, 4) is 0 Å². The van der Waals surface area contributed by atoms with Gasteiger partial charge < -0.3 is 9.80 Å². The van der Waals surface area contributed by atoms with Crippen LogP contribution in [0.15, 0.2) is 36.4 Å². The molecule has 1 aliphatic heterocycles. The van der Waals surface area contributed by atoms with E-state index in [1.807, 2.05) is 49.4 Å². The zero-order valence-electron chi connectivity index (χ0n) is 12.7. The summed E-state index contributed by atoms with van der Waals surface area (Å²) in [5.74, 6) is 0.0674. The highest BCUT2D eigenvalue weighted by molar-refractivity contribution is 5.94. The molecule has 1 aromatic carbocycles. The predicted octanol–water partition coefficient (Wildman–Crippen LogP) is 2.17. The van der Waals surface area contributed by atoms with Gasteiger partial charge in [0.1, 0.15) is 6.04 Å². The Morgan fingerprint density at radius 2 is 1.95 bits per heavy atom. The van der Waals surface area contributed by atoms with Crippen LogP contribution in [0.3, 0.4) is 0 Å². The summed E-state index contributed by atoms with van der Waals surface area (Å²) in [6.07, 6.45) is 4.79. The maximum Gasteiger partial charge on any atom is 0.245 e. The largest absolute Gasteiger partial charge is 0.332 e. The van der Waals surface area contributed by atoms with E-state index in [0.717, 1.165) is 12.0 Å². The Morgan fingerprint density at radius 1 is 1.24 bits per heavy atom. The van der Waals surface area contributed by atoms with Crippen molar-refractivity contribution in [3.63, 3.8) is 0 Å². The standard InChI is InChI=1S/C17H22N2O2/c1-3-11-18-13-16(20)19(14(2)17(18)21)12-7-10-15-8-5-4-6-9-15/h4-10,14H,3,11-13H2,1-2H3/b10-7+/t14-/m0/s1. The van der Waals surface area contributed by atoms with Gasteiger partial charge in [-0.05, 0) is 18.9 Å². The first kappa shape index (κ1) is 15.3. The zero-order valence-corrected chi connectivity index (χ0v) is 12.7. The molecule has 0 saturated carbocycles. The molecule has 1 fully saturated rings. The van der Waals surface area contributed by atoms with Crippen molar-refractivity contribution in [2.75, 3.05) is 19.6 Å². The van der Waals surface area contributed by atoms with Crippen molar-refractivity contribution < 1.29 is 9.59 Å². The van der Waals surface area contributed by atoms with E-state index in [9.17, 15) is 9.59 Å². The van der Waals surface area contributed by atoms with Gasteiger partial charge in [-0.3, -0.25) is 9.59 Å². The number of piperazine rings is 1. The maximum absolute atomic E-state index is 12.2. The molecule has 1 atom stereocenters. The molecule has 1 saturated heterocycles. The van der Waals surface area contributed by atoms with E-state index in [1.54, 1.807) is 16.7 Å². The van der Waals surface area contributed by atoms with E-state index in [4.69, 9.17) is 0 Å². The van der Waals surface area contributed by atoms with Gasteiger partial charge in [0.2, 0.25) is 11.8 Å². The van der Waals surface area contributed by atoms with E-state index >= 15 is 0 Å². The highest BCUT2D eigenvalue weighted by Gasteiger charge is 2.35. The number of carbonyl (C=O) groups excluding carboxylic acids is 2. The minimum absolute atomic E-state index is 0.0215. The Balaban J connectivity index is 1.99. The second-order valence-electron chi connectivity index (χ2n) is 5.29. The summed E-state index contributed by atoms with van der Waals surface area (Å²) in [6.45, 7) is 5.15. The topological polar surface area (TPSA) is 40.6 Å². The van der Waals surface area contributed by atoms with Crippen molar-refractivity contribution in [3.05, 3.63) is 42.0 Å². The Hall–Kier alpha value is -2.10. The van der Waals surface area contributed by atoms with Gasteiger partial charge in [-0.1, -0.05) is 49.4 Å². The van der Waals surface area contributed by atoms with Crippen LogP contribution in [0, 0.1) is 0 Å². The van der Waals surface area contributed by atoms with Crippen LogP contribution >= 0.6 is 0 Å². The first-order valence-corrected chi connectivity index (χ1v) is 7.43. The average molecular weight is 286 g/mol. The molecule has 0 radical (unpaired) electrons. The van der Waals surface area contributed by atoms with Gasteiger partial charge in [0.15, 0.2) is 0 Å². The molecule has 0 bridgehead atoms. The first-order valence-electron chi connectivity index (χ1n) is 7.43.